The molecule has 0 radical (unpaired) electrons. The summed E-state index contributed by atoms with van der Waals surface area (Å²) < 4.78 is 7.04. The third-order valence-corrected chi connectivity index (χ3v) is 5.43. The molecule has 0 saturated carbocycles. The van der Waals surface area contributed by atoms with E-state index in [9.17, 15) is 4.79 Å². The number of benzene rings is 2. The predicted octanol–water partition coefficient (Wildman–Crippen LogP) is 4.79. The first-order valence-corrected chi connectivity index (χ1v) is 10.2. The number of methoxy groups -OCH3 is 1. The summed E-state index contributed by atoms with van der Waals surface area (Å²) >= 11 is 7.36. The highest BCUT2D eigenvalue weighted by Crippen LogP contribution is 2.29. The fourth-order valence-corrected chi connectivity index (χ4v) is 3.81. The molecule has 0 spiro atoms. The van der Waals surface area contributed by atoms with Crippen LogP contribution in [0.25, 0.3) is 16.8 Å². The Morgan fingerprint density at radius 3 is 2.83 bits per heavy atom. The van der Waals surface area contributed by atoms with Crippen molar-refractivity contribution in [3.63, 3.8) is 0 Å². The SMILES string of the molecule is COc1ccc(Cl)cc1NC(=O)CSc1nccn2nc(-c3ccccc3)cc12. The van der Waals surface area contributed by atoms with E-state index >= 15 is 0 Å². The second kappa shape index (κ2) is 8.55. The highest BCUT2D eigenvalue weighted by Gasteiger charge is 2.13. The van der Waals surface area contributed by atoms with Crippen molar-refractivity contribution < 1.29 is 9.53 Å². The monoisotopic (exact) mass is 424 g/mol. The maximum Gasteiger partial charge on any atom is 0.234 e. The van der Waals surface area contributed by atoms with Gasteiger partial charge in [0.15, 0.2) is 0 Å². The fraction of sp³-hybridized carbons (Fsp3) is 0.0952. The van der Waals surface area contributed by atoms with Gasteiger partial charge in [0.05, 0.1) is 29.8 Å². The maximum atomic E-state index is 12.4. The summed E-state index contributed by atoms with van der Waals surface area (Å²) in [6, 6.07) is 17.0. The number of halogens is 1. The molecule has 4 rings (SSSR count). The Labute approximate surface area is 176 Å². The Kier molecular flexibility index (Phi) is 5.69. The van der Waals surface area contributed by atoms with Gasteiger partial charge in [-0.3, -0.25) is 4.79 Å². The van der Waals surface area contributed by atoms with Gasteiger partial charge in [0.1, 0.15) is 10.8 Å². The topological polar surface area (TPSA) is 68.5 Å². The first-order chi connectivity index (χ1) is 14.1. The molecule has 146 valence electrons. The van der Waals surface area contributed by atoms with Crippen molar-refractivity contribution in [1.82, 2.24) is 14.6 Å². The van der Waals surface area contributed by atoms with Gasteiger partial charge < -0.3 is 10.1 Å². The minimum Gasteiger partial charge on any atom is -0.495 e. The summed E-state index contributed by atoms with van der Waals surface area (Å²) in [5.74, 6) is 0.562. The number of nitrogens with one attached hydrogen (secondary N) is 1. The van der Waals surface area contributed by atoms with Crippen molar-refractivity contribution in [2.24, 2.45) is 0 Å². The van der Waals surface area contributed by atoms with Crippen LogP contribution in [0.15, 0.2) is 72.0 Å². The number of carbonyl (C=O) groups excluding carboxylic acids is 1. The van der Waals surface area contributed by atoms with E-state index in [1.165, 1.54) is 11.8 Å². The largest absolute Gasteiger partial charge is 0.495 e. The first-order valence-electron chi connectivity index (χ1n) is 8.80. The first kappa shape index (κ1) is 19.3. The summed E-state index contributed by atoms with van der Waals surface area (Å²) in [6.07, 6.45) is 3.47. The fourth-order valence-electron chi connectivity index (χ4n) is 2.86. The van der Waals surface area contributed by atoms with Crippen LogP contribution in [0.3, 0.4) is 0 Å². The molecule has 1 N–H and O–H groups in total. The minimum atomic E-state index is -0.179. The Morgan fingerprint density at radius 1 is 1.21 bits per heavy atom. The number of aromatic nitrogens is 3. The highest BCUT2D eigenvalue weighted by atomic mass is 35.5. The van der Waals surface area contributed by atoms with Crippen LogP contribution in [0.4, 0.5) is 5.69 Å². The molecule has 2 aromatic carbocycles. The number of nitrogens with zero attached hydrogens (tertiary/aromatic N) is 3. The third-order valence-electron chi connectivity index (χ3n) is 4.20. The molecule has 0 atom stereocenters. The van der Waals surface area contributed by atoms with Gasteiger partial charge in [-0.1, -0.05) is 53.7 Å². The van der Waals surface area contributed by atoms with Crippen LogP contribution >= 0.6 is 23.4 Å². The lowest BCUT2D eigenvalue weighted by atomic mass is 10.1. The van der Waals surface area contributed by atoms with Gasteiger partial charge in [-0.05, 0) is 24.3 Å². The van der Waals surface area contributed by atoms with Gasteiger partial charge in [-0.15, -0.1) is 0 Å². The number of amides is 1. The standard InChI is InChI=1S/C21H17ClN4O2S/c1-28-19-8-7-15(22)11-17(19)24-20(27)13-29-21-18-12-16(14-5-3-2-4-6-14)25-26(18)10-9-23-21/h2-12H,13H2,1H3,(H,24,27). The maximum absolute atomic E-state index is 12.4. The lowest BCUT2D eigenvalue weighted by Crippen LogP contribution is -2.15. The number of carbonyl (C=O) groups is 1. The molecular weight excluding hydrogens is 408 g/mol. The molecule has 29 heavy (non-hydrogen) atoms. The molecule has 4 aromatic rings. The van der Waals surface area contributed by atoms with E-state index in [-0.39, 0.29) is 11.7 Å². The lowest BCUT2D eigenvalue weighted by Gasteiger charge is -2.10. The minimum absolute atomic E-state index is 0.179. The number of rotatable bonds is 6. The van der Waals surface area contributed by atoms with Crippen molar-refractivity contribution in [1.29, 1.82) is 0 Å². The van der Waals surface area contributed by atoms with Gasteiger partial charge in [0.2, 0.25) is 5.91 Å². The molecule has 0 saturated heterocycles. The Bertz CT molecular complexity index is 1160. The molecule has 2 aromatic heterocycles. The van der Waals surface area contributed by atoms with Crippen molar-refractivity contribution in [2.45, 2.75) is 5.03 Å². The molecule has 2 heterocycles. The molecule has 0 fully saturated rings. The zero-order chi connectivity index (χ0) is 20.2. The van der Waals surface area contributed by atoms with Gasteiger partial charge in [0, 0.05) is 23.0 Å². The third kappa shape index (κ3) is 4.36. The normalized spacial score (nSPS) is 10.8. The second-order valence-corrected chi connectivity index (χ2v) is 7.54. The number of ether oxygens (including phenoxy) is 1. The van der Waals surface area contributed by atoms with Gasteiger partial charge in [0.25, 0.3) is 0 Å². The number of anilines is 1. The number of hydrogen-bond acceptors (Lipinski definition) is 5. The Balaban J connectivity index is 1.50. The van der Waals surface area contributed by atoms with Gasteiger partial charge >= 0.3 is 0 Å². The van der Waals surface area contributed by atoms with Gasteiger partial charge in [-0.25, -0.2) is 9.50 Å². The summed E-state index contributed by atoms with van der Waals surface area (Å²) in [5, 5.41) is 8.69. The lowest BCUT2D eigenvalue weighted by molar-refractivity contribution is -0.113. The van der Waals surface area contributed by atoms with Crippen LogP contribution in [0.2, 0.25) is 5.02 Å². The van der Waals surface area contributed by atoms with E-state index in [0.29, 0.717) is 16.5 Å². The summed E-state index contributed by atoms with van der Waals surface area (Å²) in [6.45, 7) is 0. The smallest absolute Gasteiger partial charge is 0.234 e. The molecule has 8 heteroatoms. The van der Waals surface area contributed by atoms with Crippen molar-refractivity contribution in [3.8, 4) is 17.0 Å². The molecular formula is C21H17ClN4O2S. The average Bonchev–Trinajstić information content (AvgIpc) is 3.18. The van der Waals surface area contributed by atoms with Gasteiger partial charge in [-0.2, -0.15) is 5.10 Å². The predicted molar refractivity (Wildman–Crippen MR) is 116 cm³/mol. The molecule has 0 bridgehead atoms. The summed E-state index contributed by atoms with van der Waals surface area (Å²) in [4.78, 5) is 16.9. The van der Waals surface area contributed by atoms with Crippen molar-refractivity contribution in [3.05, 3.63) is 72.0 Å². The van der Waals surface area contributed by atoms with E-state index in [0.717, 1.165) is 21.8 Å². The van der Waals surface area contributed by atoms with E-state index in [1.807, 2.05) is 36.4 Å². The van der Waals surface area contributed by atoms with Crippen LogP contribution in [-0.2, 0) is 4.79 Å². The number of thioether (sulfide) groups is 1. The van der Waals surface area contributed by atoms with Crippen LogP contribution in [-0.4, -0.2) is 33.4 Å². The molecule has 6 nitrogen and oxygen atoms in total. The van der Waals surface area contributed by atoms with Crippen LogP contribution < -0.4 is 10.1 Å². The Hall–Kier alpha value is -3.03. The quantitative estimate of drug-likeness (QED) is 0.451. The van der Waals surface area contributed by atoms with Crippen molar-refractivity contribution in [2.75, 3.05) is 18.2 Å². The van der Waals surface area contributed by atoms with Crippen LogP contribution in [0, 0.1) is 0 Å². The molecule has 0 aliphatic rings. The zero-order valence-electron chi connectivity index (χ0n) is 15.5. The van der Waals surface area contributed by atoms with Crippen molar-refractivity contribution >= 4 is 40.5 Å². The molecule has 0 aliphatic heterocycles. The van der Waals surface area contributed by atoms with Crippen LogP contribution in [0.5, 0.6) is 5.75 Å². The average molecular weight is 425 g/mol. The van der Waals surface area contributed by atoms with E-state index < -0.39 is 0 Å². The molecule has 1 amide bonds. The Morgan fingerprint density at radius 2 is 2.03 bits per heavy atom. The zero-order valence-corrected chi connectivity index (χ0v) is 17.1. The summed E-state index contributed by atoms with van der Waals surface area (Å²) in [7, 11) is 1.54. The number of fused-ring (bicyclic) bond motifs is 1. The summed E-state index contributed by atoms with van der Waals surface area (Å²) in [5.41, 5.74) is 3.27. The number of hydrogen-bond donors (Lipinski definition) is 1. The molecule has 0 unspecified atom stereocenters. The second-order valence-electron chi connectivity index (χ2n) is 6.14. The van der Waals surface area contributed by atoms with E-state index in [2.05, 4.69) is 15.4 Å². The van der Waals surface area contributed by atoms with Crippen LogP contribution in [0.1, 0.15) is 0 Å². The highest BCUT2D eigenvalue weighted by molar-refractivity contribution is 8.00. The van der Waals surface area contributed by atoms with E-state index in [4.69, 9.17) is 16.3 Å². The van der Waals surface area contributed by atoms with E-state index in [1.54, 1.807) is 42.2 Å². The molecule has 0 aliphatic carbocycles.